The van der Waals surface area contributed by atoms with Crippen molar-refractivity contribution in [3.63, 3.8) is 0 Å². The van der Waals surface area contributed by atoms with Gasteiger partial charge in [-0.05, 0) is 0 Å². The van der Waals surface area contributed by atoms with Crippen LogP contribution in [0.1, 0.15) is 0 Å². The van der Waals surface area contributed by atoms with E-state index in [-0.39, 0.29) is 24.1 Å². The van der Waals surface area contributed by atoms with Gasteiger partial charge in [-0.1, -0.05) is 12.2 Å². The Kier molecular flexibility index (Phi) is 0.874. The van der Waals surface area contributed by atoms with E-state index in [1.165, 1.54) is 0 Å². The summed E-state index contributed by atoms with van der Waals surface area (Å²) in [6, 6.07) is 0. The summed E-state index contributed by atoms with van der Waals surface area (Å²) in [4.78, 5) is 11.1. The molecule has 2 bridgehead atoms. The highest BCUT2D eigenvalue weighted by Gasteiger charge is 2.54. The zero-order valence-electron chi connectivity index (χ0n) is 5.90. The number of esters is 1. The van der Waals surface area contributed by atoms with Crippen molar-refractivity contribution in [2.45, 2.75) is 12.2 Å². The van der Waals surface area contributed by atoms with Crippen LogP contribution in [-0.4, -0.2) is 24.8 Å². The molecule has 2 saturated heterocycles. The minimum atomic E-state index is -0.0770. The number of ether oxygens (including phenoxy) is 2. The Hall–Kier alpha value is -0.830. The highest BCUT2D eigenvalue weighted by molar-refractivity contribution is 5.77. The molecule has 4 atom stereocenters. The molecule has 2 fully saturated rings. The number of rotatable bonds is 0. The van der Waals surface area contributed by atoms with E-state index in [1.807, 2.05) is 12.2 Å². The second kappa shape index (κ2) is 1.67. The monoisotopic (exact) mass is 152 g/mol. The largest absolute Gasteiger partial charge is 0.465 e. The third-order valence-electron chi connectivity index (χ3n) is 2.73. The Morgan fingerprint density at radius 3 is 3.00 bits per heavy atom. The van der Waals surface area contributed by atoms with Crippen LogP contribution in [0.4, 0.5) is 0 Å². The van der Waals surface area contributed by atoms with Gasteiger partial charge in [-0.3, -0.25) is 4.79 Å². The lowest BCUT2D eigenvalue weighted by Crippen LogP contribution is -2.24. The van der Waals surface area contributed by atoms with Crippen LogP contribution in [-0.2, 0) is 14.3 Å². The molecule has 0 saturated carbocycles. The van der Waals surface area contributed by atoms with Crippen LogP contribution >= 0.6 is 0 Å². The molecule has 58 valence electrons. The normalized spacial score (nSPS) is 51.5. The number of hydrogen-bond donors (Lipinski definition) is 0. The lowest BCUT2D eigenvalue weighted by atomic mass is 9.86. The lowest BCUT2D eigenvalue weighted by molar-refractivity contribution is -0.143. The third kappa shape index (κ3) is 0.554. The van der Waals surface area contributed by atoms with E-state index in [9.17, 15) is 4.79 Å². The molecule has 0 aliphatic carbocycles. The fraction of sp³-hybridized carbons (Fsp3) is 0.625. The summed E-state index contributed by atoms with van der Waals surface area (Å²) in [5.41, 5.74) is 0. The van der Waals surface area contributed by atoms with Crippen molar-refractivity contribution >= 4 is 5.97 Å². The number of cyclic esters (lactones) is 1. The molecule has 3 aliphatic rings. The molecule has 0 radical (unpaired) electrons. The molecule has 3 nitrogen and oxygen atoms in total. The Balaban J connectivity index is 2.03. The quantitative estimate of drug-likeness (QED) is 0.365. The molecule has 0 aromatic rings. The van der Waals surface area contributed by atoms with Gasteiger partial charge in [0.25, 0.3) is 0 Å². The average Bonchev–Trinajstić information content (AvgIpc) is 2.60. The van der Waals surface area contributed by atoms with E-state index < -0.39 is 0 Å². The van der Waals surface area contributed by atoms with Crippen LogP contribution in [0.2, 0.25) is 0 Å². The maximum Gasteiger partial charge on any atom is 0.312 e. The van der Waals surface area contributed by atoms with Crippen LogP contribution in [0.3, 0.4) is 0 Å². The summed E-state index contributed by atoms with van der Waals surface area (Å²) in [7, 11) is 0. The third-order valence-corrected chi connectivity index (χ3v) is 2.73. The lowest BCUT2D eigenvalue weighted by Gasteiger charge is -2.09. The molecule has 0 amide bonds. The fourth-order valence-electron chi connectivity index (χ4n) is 2.17. The van der Waals surface area contributed by atoms with Crippen LogP contribution in [0.15, 0.2) is 12.2 Å². The number of carbonyl (C=O) groups excluding carboxylic acids is 1. The van der Waals surface area contributed by atoms with E-state index in [2.05, 4.69) is 0 Å². The molecule has 0 aromatic heterocycles. The minimum absolute atomic E-state index is 0.00463. The van der Waals surface area contributed by atoms with Gasteiger partial charge in [0.15, 0.2) is 0 Å². The highest BCUT2D eigenvalue weighted by Crippen LogP contribution is 2.42. The van der Waals surface area contributed by atoms with Crippen LogP contribution in [0.5, 0.6) is 0 Å². The predicted molar refractivity (Wildman–Crippen MR) is 35.7 cm³/mol. The Bertz CT molecular complexity index is 246. The second-order valence-corrected chi connectivity index (χ2v) is 3.27. The zero-order valence-corrected chi connectivity index (χ0v) is 5.90. The molecule has 3 heteroatoms. The smallest absolute Gasteiger partial charge is 0.312 e. The van der Waals surface area contributed by atoms with E-state index in [4.69, 9.17) is 9.47 Å². The van der Waals surface area contributed by atoms with E-state index >= 15 is 0 Å². The average molecular weight is 152 g/mol. The summed E-state index contributed by atoms with van der Waals surface area (Å²) < 4.78 is 10.4. The maximum atomic E-state index is 11.1. The summed E-state index contributed by atoms with van der Waals surface area (Å²) in [6.45, 7) is 0.551. The van der Waals surface area contributed by atoms with Crippen LogP contribution < -0.4 is 0 Å². The molecular formula is C8H8O3. The SMILES string of the molecule is O=C1OCC2C1[C@H]1C=C[C@@H]2O1. The first-order valence-electron chi connectivity index (χ1n) is 3.87. The Morgan fingerprint density at radius 1 is 1.36 bits per heavy atom. The zero-order chi connectivity index (χ0) is 7.42. The molecule has 0 aromatic carbocycles. The van der Waals surface area contributed by atoms with Crippen LogP contribution in [0.25, 0.3) is 0 Å². The predicted octanol–water partition coefficient (Wildman–Crippen LogP) is 0.113. The molecule has 0 spiro atoms. The van der Waals surface area contributed by atoms with Gasteiger partial charge in [-0.2, -0.15) is 0 Å². The van der Waals surface area contributed by atoms with Crippen LogP contribution in [0, 0.1) is 11.8 Å². The first-order valence-corrected chi connectivity index (χ1v) is 3.87. The van der Waals surface area contributed by atoms with Crippen molar-refractivity contribution in [1.29, 1.82) is 0 Å². The topological polar surface area (TPSA) is 35.5 Å². The van der Waals surface area contributed by atoms with Crippen molar-refractivity contribution in [1.82, 2.24) is 0 Å². The summed E-state index contributed by atoms with van der Waals surface area (Å²) in [6.07, 6.45) is 4.17. The second-order valence-electron chi connectivity index (χ2n) is 3.27. The van der Waals surface area contributed by atoms with E-state index in [1.54, 1.807) is 0 Å². The molecule has 11 heavy (non-hydrogen) atoms. The van der Waals surface area contributed by atoms with E-state index in [0.29, 0.717) is 12.5 Å². The van der Waals surface area contributed by atoms with Crippen molar-refractivity contribution in [3.05, 3.63) is 12.2 Å². The molecule has 2 unspecified atom stereocenters. The van der Waals surface area contributed by atoms with Crippen molar-refractivity contribution < 1.29 is 14.3 Å². The standard InChI is InChI=1S/C8H8O3/c9-8-7-4(3-10-8)5-1-2-6(7)11-5/h1-2,4-7H,3H2/t4?,5-,6+,7?/m0/s1. The number of carbonyl (C=O) groups is 1. The summed E-state index contributed by atoms with van der Waals surface area (Å²) in [5, 5.41) is 0. The molecule has 3 rings (SSSR count). The van der Waals surface area contributed by atoms with Gasteiger partial charge in [0.05, 0.1) is 24.7 Å². The first kappa shape index (κ1) is 5.77. The first-order chi connectivity index (χ1) is 5.36. The summed E-state index contributed by atoms with van der Waals surface area (Å²) >= 11 is 0. The van der Waals surface area contributed by atoms with Gasteiger partial charge in [0, 0.05) is 5.92 Å². The molecule has 0 N–H and O–H groups in total. The van der Waals surface area contributed by atoms with E-state index in [0.717, 1.165) is 0 Å². The number of fused-ring (bicyclic) bond motifs is 5. The Morgan fingerprint density at radius 2 is 2.18 bits per heavy atom. The van der Waals surface area contributed by atoms with Crippen molar-refractivity contribution in [2.75, 3.05) is 6.61 Å². The highest BCUT2D eigenvalue weighted by atomic mass is 16.6. The van der Waals surface area contributed by atoms with Gasteiger partial charge < -0.3 is 9.47 Å². The molecule has 3 heterocycles. The van der Waals surface area contributed by atoms with Gasteiger partial charge in [0.2, 0.25) is 0 Å². The fourth-order valence-corrected chi connectivity index (χ4v) is 2.17. The molecule has 3 aliphatic heterocycles. The molecular weight excluding hydrogens is 144 g/mol. The van der Waals surface area contributed by atoms with Crippen molar-refractivity contribution in [2.24, 2.45) is 11.8 Å². The minimum Gasteiger partial charge on any atom is -0.465 e. The maximum absolute atomic E-state index is 11.1. The Labute approximate surface area is 64.0 Å². The van der Waals surface area contributed by atoms with Gasteiger partial charge >= 0.3 is 5.97 Å². The van der Waals surface area contributed by atoms with Gasteiger partial charge in [-0.25, -0.2) is 0 Å². The van der Waals surface area contributed by atoms with Gasteiger partial charge in [0.1, 0.15) is 0 Å². The number of hydrogen-bond acceptors (Lipinski definition) is 3. The van der Waals surface area contributed by atoms with Crippen molar-refractivity contribution in [3.8, 4) is 0 Å². The summed E-state index contributed by atoms with van der Waals surface area (Å²) in [5.74, 6) is 0.231. The van der Waals surface area contributed by atoms with Gasteiger partial charge in [-0.15, -0.1) is 0 Å².